The first-order chi connectivity index (χ1) is 12.5. The van der Waals surface area contributed by atoms with Gasteiger partial charge in [0.05, 0.1) is 0 Å². The van der Waals surface area contributed by atoms with Crippen molar-refractivity contribution in [3.63, 3.8) is 0 Å². The van der Waals surface area contributed by atoms with Crippen LogP contribution < -0.4 is 5.32 Å². The molecule has 2 heterocycles. The summed E-state index contributed by atoms with van der Waals surface area (Å²) >= 11 is 0. The second-order valence-electron chi connectivity index (χ2n) is 8.35. The maximum atomic E-state index is 12.6. The molecule has 1 N–H and O–H groups in total. The summed E-state index contributed by atoms with van der Waals surface area (Å²) in [7, 11) is 0. The van der Waals surface area contributed by atoms with Crippen molar-refractivity contribution < 1.29 is 9.59 Å². The molecule has 2 saturated heterocycles. The Morgan fingerprint density at radius 3 is 1.96 bits per heavy atom. The number of carbonyl (C=O) groups excluding carboxylic acids is 2. The van der Waals surface area contributed by atoms with E-state index in [0.29, 0.717) is 12.5 Å². The van der Waals surface area contributed by atoms with Gasteiger partial charge in [-0.2, -0.15) is 0 Å². The van der Waals surface area contributed by atoms with Crippen molar-refractivity contribution in [2.75, 3.05) is 26.2 Å². The molecule has 4 nitrogen and oxygen atoms in total. The predicted octanol–water partition coefficient (Wildman–Crippen LogP) is 4.43. The van der Waals surface area contributed by atoms with Crippen molar-refractivity contribution in [1.82, 2.24) is 10.2 Å². The van der Waals surface area contributed by atoms with Gasteiger partial charge in [0.2, 0.25) is 5.91 Å². The van der Waals surface area contributed by atoms with Crippen LogP contribution in [-0.4, -0.2) is 42.8 Å². The zero-order chi connectivity index (χ0) is 19.6. The number of piperidine rings is 2. The molecular weight excluding hydrogens is 324 g/mol. The molecule has 1 amide bonds. The maximum absolute atomic E-state index is 12.6. The van der Waals surface area contributed by atoms with E-state index < -0.39 is 0 Å². The molecule has 4 heteroatoms. The van der Waals surface area contributed by atoms with Crippen molar-refractivity contribution >= 4 is 11.7 Å². The molecule has 3 aliphatic rings. The van der Waals surface area contributed by atoms with E-state index in [-0.39, 0.29) is 23.0 Å². The van der Waals surface area contributed by atoms with Crippen LogP contribution in [-0.2, 0) is 9.59 Å². The number of ketones is 1. The lowest BCUT2D eigenvalue weighted by Gasteiger charge is -2.53. The lowest BCUT2D eigenvalue weighted by molar-refractivity contribution is -0.147. The van der Waals surface area contributed by atoms with Gasteiger partial charge in [-0.25, -0.2) is 0 Å². The molecule has 26 heavy (non-hydrogen) atoms. The topological polar surface area (TPSA) is 49.4 Å². The number of likely N-dealkylation sites (tertiary alicyclic amines) is 1. The molecule has 0 radical (unpaired) electrons. The molecule has 2 aliphatic heterocycles. The Morgan fingerprint density at radius 1 is 1.00 bits per heavy atom. The molecule has 0 bridgehead atoms. The van der Waals surface area contributed by atoms with Gasteiger partial charge in [-0.1, -0.05) is 47.0 Å². The third-order valence-electron chi connectivity index (χ3n) is 5.86. The van der Waals surface area contributed by atoms with Crippen LogP contribution in [0.5, 0.6) is 0 Å². The fourth-order valence-electron chi connectivity index (χ4n) is 4.35. The Hall–Kier alpha value is -0.900. The second-order valence-corrected chi connectivity index (χ2v) is 8.35. The fraction of sp³-hybridized carbons (Fsp3) is 0.909. The third-order valence-corrected chi connectivity index (χ3v) is 5.86. The first-order valence-corrected chi connectivity index (χ1v) is 11.0. The number of rotatable bonds is 2. The zero-order valence-electron chi connectivity index (χ0n) is 17.9. The Morgan fingerprint density at radius 2 is 1.54 bits per heavy atom. The van der Waals surface area contributed by atoms with Gasteiger partial charge < -0.3 is 10.2 Å². The highest BCUT2D eigenvalue weighted by Crippen LogP contribution is 2.52. The number of Topliss-reactive ketones (excluding diaryl/α,β-unsaturated/α-hetero) is 1. The SMILES string of the molecule is CC(=O)C1CN(C(=O)C2CCNCC2)CCC12CCC2.CCC.CCC. The summed E-state index contributed by atoms with van der Waals surface area (Å²) in [4.78, 5) is 26.6. The molecule has 0 aromatic carbocycles. The predicted molar refractivity (Wildman–Crippen MR) is 109 cm³/mol. The highest BCUT2D eigenvalue weighted by atomic mass is 16.2. The highest BCUT2D eigenvalue weighted by Gasteiger charge is 2.49. The van der Waals surface area contributed by atoms with Gasteiger partial charge in [0, 0.05) is 24.9 Å². The first kappa shape index (κ1) is 23.1. The van der Waals surface area contributed by atoms with Crippen molar-refractivity contribution in [1.29, 1.82) is 0 Å². The number of nitrogens with one attached hydrogen (secondary N) is 1. The van der Waals surface area contributed by atoms with Crippen LogP contribution in [0.1, 0.15) is 86.0 Å². The third kappa shape index (κ3) is 6.07. The molecule has 1 atom stereocenters. The van der Waals surface area contributed by atoms with E-state index in [1.165, 1.54) is 32.1 Å². The lowest BCUT2D eigenvalue weighted by Crippen LogP contribution is -2.55. The molecular formula is C22H42N2O2. The summed E-state index contributed by atoms with van der Waals surface area (Å²) in [6.45, 7) is 13.7. The first-order valence-electron chi connectivity index (χ1n) is 11.0. The van der Waals surface area contributed by atoms with E-state index in [1.54, 1.807) is 6.92 Å². The normalized spacial score (nSPS) is 24.5. The van der Waals surface area contributed by atoms with Gasteiger partial charge in [0.1, 0.15) is 5.78 Å². The van der Waals surface area contributed by atoms with Crippen LogP contribution in [0, 0.1) is 17.3 Å². The van der Waals surface area contributed by atoms with E-state index in [4.69, 9.17) is 0 Å². The van der Waals surface area contributed by atoms with E-state index >= 15 is 0 Å². The Kier molecular flexibility index (Phi) is 10.4. The smallest absolute Gasteiger partial charge is 0.225 e. The maximum Gasteiger partial charge on any atom is 0.225 e. The molecule has 0 aromatic heterocycles. The van der Waals surface area contributed by atoms with Gasteiger partial charge in [-0.15, -0.1) is 0 Å². The van der Waals surface area contributed by atoms with Crippen LogP contribution >= 0.6 is 0 Å². The minimum atomic E-state index is 0.0932. The van der Waals surface area contributed by atoms with Crippen LogP contribution in [0.4, 0.5) is 0 Å². The van der Waals surface area contributed by atoms with Crippen molar-refractivity contribution in [3.05, 3.63) is 0 Å². The Bertz CT molecular complexity index is 424. The highest BCUT2D eigenvalue weighted by molar-refractivity contribution is 5.83. The summed E-state index contributed by atoms with van der Waals surface area (Å²) in [5, 5.41) is 3.31. The van der Waals surface area contributed by atoms with Crippen molar-refractivity contribution in [2.45, 2.75) is 86.0 Å². The number of nitrogens with zero attached hydrogens (tertiary/aromatic N) is 1. The number of hydrogen-bond donors (Lipinski definition) is 1. The van der Waals surface area contributed by atoms with Crippen LogP contribution in [0.15, 0.2) is 0 Å². The standard InChI is InChI=1S/C16H26N2O2.2C3H8/c1-12(19)14-11-18(10-7-16(14)5-2-6-16)15(20)13-3-8-17-9-4-13;2*1-3-2/h13-14,17H,2-11H2,1H3;2*3H2,1-2H3. The quantitative estimate of drug-likeness (QED) is 0.787. The van der Waals surface area contributed by atoms with Crippen LogP contribution in [0.2, 0.25) is 0 Å². The molecule has 152 valence electrons. The average molecular weight is 367 g/mol. The molecule has 1 saturated carbocycles. The van der Waals surface area contributed by atoms with Gasteiger partial charge in [0.25, 0.3) is 0 Å². The van der Waals surface area contributed by atoms with Crippen molar-refractivity contribution in [3.8, 4) is 0 Å². The Balaban J connectivity index is 0.000000499. The minimum absolute atomic E-state index is 0.0932. The van der Waals surface area contributed by atoms with E-state index in [0.717, 1.165) is 38.9 Å². The largest absolute Gasteiger partial charge is 0.342 e. The summed E-state index contributed by atoms with van der Waals surface area (Å²) in [6, 6.07) is 0. The number of carbonyl (C=O) groups is 2. The summed E-state index contributed by atoms with van der Waals surface area (Å²) in [5.41, 5.74) is 0.247. The number of amides is 1. The van der Waals surface area contributed by atoms with Gasteiger partial charge in [0.15, 0.2) is 0 Å². The van der Waals surface area contributed by atoms with Gasteiger partial charge >= 0.3 is 0 Å². The van der Waals surface area contributed by atoms with E-state index in [1.807, 2.05) is 4.90 Å². The minimum Gasteiger partial charge on any atom is -0.342 e. The van der Waals surface area contributed by atoms with E-state index in [9.17, 15) is 9.59 Å². The molecule has 3 rings (SSSR count). The molecule has 1 aliphatic carbocycles. The van der Waals surface area contributed by atoms with Gasteiger partial charge in [-0.3, -0.25) is 9.59 Å². The molecule has 3 fully saturated rings. The molecule has 1 unspecified atom stereocenters. The second kappa shape index (κ2) is 11.7. The molecule has 0 aromatic rings. The monoisotopic (exact) mass is 366 g/mol. The van der Waals surface area contributed by atoms with E-state index in [2.05, 4.69) is 33.0 Å². The average Bonchev–Trinajstić information content (AvgIpc) is 2.61. The Labute approximate surface area is 161 Å². The van der Waals surface area contributed by atoms with Gasteiger partial charge in [-0.05, 0) is 57.5 Å². The van der Waals surface area contributed by atoms with Crippen LogP contribution in [0.25, 0.3) is 0 Å². The number of hydrogen-bond acceptors (Lipinski definition) is 3. The summed E-state index contributed by atoms with van der Waals surface area (Å²) in [6.07, 6.45) is 9.07. The summed E-state index contributed by atoms with van der Waals surface area (Å²) in [5.74, 6) is 0.856. The lowest BCUT2D eigenvalue weighted by atomic mass is 9.56. The fourth-order valence-corrected chi connectivity index (χ4v) is 4.35. The summed E-state index contributed by atoms with van der Waals surface area (Å²) < 4.78 is 0. The van der Waals surface area contributed by atoms with Crippen molar-refractivity contribution in [2.24, 2.45) is 17.3 Å². The molecule has 1 spiro atoms. The van der Waals surface area contributed by atoms with Crippen LogP contribution in [0.3, 0.4) is 0 Å². The zero-order valence-corrected chi connectivity index (χ0v) is 17.9.